The molecule has 1 atom stereocenters. The van der Waals surface area contributed by atoms with E-state index in [0.717, 1.165) is 17.6 Å². The highest BCUT2D eigenvalue weighted by Gasteiger charge is 2.09. The number of rotatable bonds is 2. The van der Waals surface area contributed by atoms with Crippen molar-refractivity contribution in [2.75, 3.05) is 0 Å². The van der Waals surface area contributed by atoms with Crippen molar-refractivity contribution in [3.05, 3.63) is 71.8 Å². The van der Waals surface area contributed by atoms with Crippen molar-refractivity contribution in [2.45, 2.75) is 12.5 Å². The van der Waals surface area contributed by atoms with Gasteiger partial charge in [-0.3, -0.25) is 0 Å². The first kappa shape index (κ1) is 9.94. The Hall–Kier alpha value is -1.60. The standard InChI is InChI=1S/C14H14O/c15-14(13-10-6-3-7-11-13)12-8-4-1-2-5-9-12/h1,3-11,14-15H,2H2. The van der Waals surface area contributed by atoms with Crippen molar-refractivity contribution in [3.63, 3.8) is 0 Å². The topological polar surface area (TPSA) is 20.2 Å². The third kappa shape index (κ3) is 2.45. The predicted octanol–water partition coefficient (Wildman–Crippen LogP) is 3.16. The number of aliphatic hydroxyl groups excluding tert-OH is 1. The van der Waals surface area contributed by atoms with E-state index in [1.807, 2.05) is 48.6 Å². The molecule has 0 saturated carbocycles. The maximum atomic E-state index is 10.1. The minimum Gasteiger partial charge on any atom is -0.384 e. The van der Waals surface area contributed by atoms with Gasteiger partial charge in [0.15, 0.2) is 0 Å². The Morgan fingerprint density at radius 1 is 1.07 bits per heavy atom. The molecule has 0 aromatic heterocycles. The molecule has 1 aliphatic rings. The fourth-order valence-corrected chi connectivity index (χ4v) is 1.61. The van der Waals surface area contributed by atoms with Crippen molar-refractivity contribution in [1.29, 1.82) is 0 Å². The molecule has 0 spiro atoms. The molecule has 2 rings (SSSR count). The average molecular weight is 198 g/mol. The van der Waals surface area contributed by atoms with Gasteiger partial charge in [0.25, 0.3) is 0 Å². The Morgan fingerprint density at radius 3 is 2.67 bits per heavy atom. The summed E-state index contributed by atoms with van der Waals surface area (Å²) in [4.78, 5) is 0. The molecule has 1 aromatic carbocycles. The Balaban J connectivity index is 2.24. The molecule has 1 aliphatic carbocycles. The summed E-state index contributed by atoms with van der Waals surface area (Å²) in [6, 6.07) is 9.71. The third-order valence-corrected chi connectivity index (χ3v) is 2.44. The summed E-state index contributed by atoms with van der Waals surface area (Å²) in [6.07, 6.45) is 10.5. The predicted molar refractivity (Wildman–Crippen MR) is 62.4 cm³/mol. The van der Waals surface area contributed by atoms with Crippen LogP contribution in [0.1, 0.15) is 18.1 Å². The summed E-state index contributed by atoms with van der Waals surface area (Å²) >= 11 is 0. The monoisotopic (exact) mass is 198 g/mol. The van der Waals surface area contributed by atoms with E-state index < -0.39 is 6.10 Å². The molecule has 0 amide bonds. The zero-order chi connectivity index (χ0) is 10.5. The summed E-state index contributed by atoms with van der Waals surface area (Å²) in [6.45, 7) is 0. The maximum absolute atomic E-state index is 10.1. The second kappa shape index (κ2) is 4.76. The molecule has 1 unspecified atom stereocenters. The second-order valence-corrected chi connectivity index (χ2v) is 3.55. The van der Waals surface area contributed by atoms with Crippen molar-refractivity contribution in [3.8, 4) is 0 Å². The quantitative estimate of drug-likeness (QED) is 0.774. The summed E-state index contributed by atoms with van der Waals surface area (Å²) in [5.74, 6) is 0. The average Bonchev–Trinajstić information content (AvgIpc) is 2.58. The van der Waals surface area contributed by atoms with E-state index in [2.05, 4.69) is 12.2 Å². The van der Waals surface area contributed by atoms with E-state index in [0.29, 0.717) is 0 Å². The van der Waals surface area contributed by atoms with Gasteiger partial charge in [-0.25, -0.2) is 0 Å². The molecular weight excluding hydrogens is 184 g/mol. The molecule has 1 nitrogen and oxygen atoms in total. The molecule has 1 N–H and O–H groups in total. The van der Waals surface area contributed by atoms with Crippen LogP contribution in [0.2, 0.25) is 0 Å². The van der Waals surface area contributed by atoms with Crippen LogP contribution in [0.5, 0.6) is 0 Å². The summed E-state index contributed by atoms with van der Waals surface area (Å²) in [5, 5.41) is 10.1. The van der Waals surface area contributed by atoms with Gasteiger partial charge >= 0.3 is 0 Å². The van der Waals surface area contributed by atoms with Crippen LogP contribution in [0, 0.1) is 0 Å². The van der Waals surface area contributed by atoms with Crippen molar-refractivity contribution < 1.29 is 5.11 Å². The van der Waals surface area contributed by atoms with Gasteiger partial charge in [0.1, 0.15) is 6.10 Å². The normalized spacial score (nSPS) is 17.0. The molecule has 1 aromatic rings. The van der Waals surface area contributed by atoms with Crippen LogP contribution >= 0.6 is 0 Å². The molecule has 0 radical (unpaired) electrons. The molecule has 76 valence electrons. The largest absolute Gasteiger partial charge is 0.384 e. The highest BCUT2D eigenvalue weighted by atomic mass is 16.3. The molecule has 1 heteroatoms. The Bertz CT molecular complexity index is 399. The number of hydrogen-bond acceptors (Lipinski definition) is 1. The van der Waals surface area contributed by atoms with E-state index in [1.54, 1.807) is 0 Å². The molecule has 0 heterocycles. The minimum atomic E-state index is -0.523. The highest BCUT2D eigenvalue weighted by Crippen LogP contribution is 2.23. The number of benzene rings is 1. The maximum Gasteiger partial charge on any atom is 0.104 e. The van der Waals surface area contributed by atoms with E-state index in [1.165, 1.54) is 0 Å². The molecule has 0 bridgehead atoms. The fraction of sp³-hybridized carbons (Fsp3) is 0.143. The first-order valence-corrected chi connectivity index (χ1v) is 5.14. The van der Waals surface area contributed by atoms with Gasteiger partial charge in [-0.2, -0.15) is 0 Å². The Morgan fingerprint density at radius 2 is 1.87 bits per heavy atom. The van der Waals surface area contributed by atoms with Crippen molar-refractivity contribution in [2.24, 2.45) is 0 Å². The van der Waals surface area contributed by atoms with E-state index in [-0.39, 0.29) is 0 Å². The van der Waals surface area contributed by atoms with Crippen molar-refractivity contribution >= 4 is 0 Å². The molecule has 15 heavy (non-hydrogen) atoms. The van der Waals surface area contributed by atoms with Crippen LogP contribution in [0.15, 0.2) is 66.3 Å². The smallest absolute Gasteiger partial charge is 0.104 e. The number of allylic oxidation sites excluding steroid dienone is 4. The van der Waals surface area contributed by atoms with Crippen LogP contribution in [0.4, 0.5) is 0 Å². The van der Waals surface area contributed by atoms with Crippen LogP contribution < -0.4 is 0 Å². The first-order valence-electron chi connectivity index (χ1n) is 5.14. The van der Waals surface area contributed by atoms with Gasteiger partial charge in [-0.1, -0.05) is 60.7 Å². The van der Waals surface area contributed by atoms with E-state index >= 15 is 0 Å². The van der Waals surface area contributed by atoms with Gasteiger partial charge in [0.05, 0.1) is 0 Å². The van der Waals surface area contributed by atoms with Crippen LogP contribution in [0.3, 0.4) is 0 Å². The number of aliphatic hydroxyl groups is 1. The Kier molecular flexibility index (Phi) is 3.15. The highest BCUT2D eigenvalue weighted by molar-refractivity contribution is 5.36. The van der Waals surface area contributed by atoms with Gasteiger partial charge in [-0.15, -0.1) is 0 Å². The zero-order valence-corrected chi connectivity index (χ0v) is 8.51. The lowest BCUT2D eigenvalue weighted by molar-refractivity contribution is 0.219. The zero-order valence-electron chi connectivity index (χ0n) is 8.51. The van der Waals surface area contributed by atoms with E-state index in [4.69, 9.17) is 0 Å². The lowest BCUT2D eigenvalue weighted by Crippen LogP contribution is -1.98. The second-order valence-electron chi connectivity index (χ2n) is 3.55. The van der Waals surface area contributed by atoms with Gasteiger partial charge < -0.3 is 5.11 Å². The lowest BCUT2D eigenvalue weighted by atomic mass is 10.0. The van der Waals surface area contributed by atoms with Crippen LogP contribution in [-0.4, -0.2) is 5.11 Å². The summed E-state index contributed by atoms with van der Waals surface area (Å²) in [7, 11) is 0. The molecule has 0 fully saturated rings. The van der Waals surface area contributed by atoms with Crippen molar-refractivity contribution in [1.82, 2.24) is 0 Å². The lowest BCUT2D eigenvalue weighted by Gasteiger charge is -2.11. The van der Waals surface area contributed by atoms with Crippen LogP contribution in [0.25, 0.3) is 0 Å². The van der Waals surface area contributed by atoms with Gasteiger partial charge in [0, 0.05) is 0 Å². The van der Waals surface area contributed by atoms with Gasteiger partial charge in [0.2, 0.25) is 0 Å². The SMILES string of the molecule is OC(C1=CC=CCC=C1)c1ccccc1. The molecule has 0 saturated heterocycles. The van der Waals surface area contributed by atoms with Gasteiger partial charge in [-0.05, 0) is 17.6 Å². The minimum absolute atomic E-state index is 0.523. The molecule has 0 aliphatic heterocycles. The molecular formula is C14H14O. The number of hydrogen-bond donors (Lipinski definition) is 1. The first-order chi connectivity index (χ1) is 7.38. The van der Waals surface area contributed by atoms with Crippen LogP contribution in [-0.2, 0) is 0 Å². The van der Waals surface area contributed by atoms with E-state index in [9.17, 15) is 5.11 Å². The summed E-state index contributed by atoms with van der Waals surface area (Å²) < 4.78 is 0. The Labute approximate surface area is 90.1 Å². The third-order valence-electron chi connectivity index (χ3n) is 2.44. The fourth-order valence-electron chi connectivity index (χ4n) is 1.61. The summed E-state index contributed by atoms with van der Waals surface area (Å²) in [5.41, 5.74) is 1.87.